The Hall–Kier alpha value is -2.35. The van der Waals surface area contributed by atoms with E-state index in [2.05, 4.69) is 22.4 Å². The van der Waals surface area contributed by atoms with Crippen molar-refractivity contribution in [1.82, 2.24) is 10.2 Å². The molecule has 142 valence electrons. The fourth-order valence-electron chi connectivity index (χ4n) is 2.66. The quantitative estimate of drug-likeness (QED) is 0.386. The van der Waals surface area contributed by atoms with Crippen molar-refractivity contribution >= 4 is 56.4 Å². The van der Waals surface area contributed by atoms with Crippen molar-refractivity contribution in [1.29, 1.82) is 0 Å². The van der Waals surface area contributed by atoms with Crippen LogP contribution in [0.3, 0.4) is 0 Å². The molecular formula is C20H16ClN3O2S2. The molecule has 0 atom stereocenters. The molecule has 0 saturated heterocycles. The molecule has 28 heavy (non-hydrogen) atoms. The van der Waals surface area contributed by atoms with Crippen LogP contribution >= 0.6 is 34.7 Å². The van der Waals surface area contributed by atoms with Gasteiger partial charge in [-0.1, -0.05) is 60.6 Å². The Kier molecular flexibility index (Phi) is 5.66. The number of benzene rings is 2. The minimum atomic E-state index is -0.131. The second-order valence-corrected chi connectivity index (χ2v) is 8.36. The molecule has 8 heteroatoms. The van der Waals surface area contributed by atoms with E-state index in [1.165, 1.54) is 28.7 Å². The van der Waals surface area contributed by atoms with E-state index in [4.69, 9.17) is 16.0 Å². The number of thioether (sulfide) groups is 1. The largest absolute Gasteiger partial charge is 0.410 e. The fourth-order valence-corrected chi connectivity index (χ4v) is 4.66. The van der Waals surface area contributed by atoms with Gasteiger partial charge >= 0.3 is 0 Å². The minimum absolute atomic E-state index is 0.131. The highest BCUT2D eigenvalue weighted by molar-refractivity contribution is 7.99. The molecule has 0 unspecified atom stereocenters. The van der Waals surface area contributed by atoms with Crippen LogP contribution in [0.5, 0.6) is 0 Å². The van der Waals surface area contributed by atoms with Gasteiger partial charge in [-0.05, 0) is 30.2 Å². The maximum atomic E-state index is 12.1. The van der Waals surface area contributed by atoms with Crippen molar-refractivity contribution < 1.29 is 9.21 Å². The van der Waals surface area contributed by atoms with E-state index >= 15 is 0 Å². The third kappa shape index (κ3) is 4.06. The number of aromatic nitrogens is 2. The van der Waals surface area contributed by atoms with Crippen LogP contribution in [0.4, 0.5) is 5.69 Å². The SMILES string of the molecule is CCc1ccc(NC(=O)CSc2nnc(-c3sc4ccccc4c3Cl)o2)cc1. The van der Waals surface area contributed by atoms with Gasteiger partial charge in [0, 0.05) is 15.8 Å². The highest BCUT2D eigenvalue weighted by Gasteiger charge is 2.18. The molecule has 2 aromatic carbocycles. The molecule has 0 aliphatic heterocycles. The Labute approximate surface area is 175 Å². The summed E-state index contributed by atoms with van der Waals surface area (Å²) in [6.45, 7) is 2.09. The van der Waals surface area contributed by atoms with E-state index in [1.54, 1.807) is 0 Å². The van der Waals surface area contributed by atoms with Gasteiger partial charge in [-0.15, -0.1) is 21.5 Å². The normalized spacial score (nSPS) is 11.1. The molecule has 0 spiro atoms. The maximum Gasteiger partial charge on any atom is 0.277 e. The van der Waals surface area contributed by atoms with Crippen molar-refractivity contribution in [2.24, 2.45) is 0 Å². The number of carbonyl (C=O) groups is 1. The molecule has 0 aliphatic rings. The number of nitrogens with zero attached hydrogens (tertiary/aromatic N) is 2. The Morgan fingerprint density at radius 2 is 1.96 bits per heavy atom. The molecule has 1 N–H and O–H groups in total. The van der Waals surface area contributed by atoms with Crippen LogP contribution in [0.25, 0.3) is 20.9 Å². The number of nitrogens with one attached hydrogen (secondary N) is 1. The van der Waals surface area contributed by atoms with Gasteiger partial charge in [0.25, 0.3) is 11.1 Å². The van der Waals surface area contributed by atoms with Gasteiger partial charge in [-0.3, -0.25) is 4.79 Å². The number of hydrogen-bond acceptors (Lipinski definition) is 6. The minimum Gasteiger partial charge on any atom is -0.410 e. The number of thiophene rings is 1. The number of amides is 1. The van der Waals surface area contributed by atoms with Crippen molar-refractivity contribution in [3.05, 3.63) is 59.1 Å². The smallest absolute Gasteiger partial charge is 0.277 e. The topological polar surface area (TPSA) is 68.0 Å². The van der Waals surface area contributed by atoms with Crippen molar-refractivity contribution in [3.63, 3.8) is 0 Å². The lowest BCUT2D eigenvalue weighted by atomic mass is 10.1. The molecule has 0 fully saturated rings. The number of anilines is 1. The third-order valence-corrected chi connectivity index (χ3v) is 6.59. The highest BCUT2D eigenvalue weighted by atomic mass is 35.5. The predicted octanol–water partition coefficient (Wildman–Crippen LogP) is 5.90. The Morgan fingerprint density at radius 1 is 1.18 bits per heavy atom. The van der Waals surface area contributed by atoms with E-state index in [0.717, 1.165) is 27.1 Å². The van der Waals surface area contributed by atoms with Gasteiger partial charge in [0.1, 0.15) is 4.88 Å². The average molecular weight is 430 g/mol. The number of hydrogen-bond donors (Lipinski definition) is 1. The summed E-state index contributed by atoms with van der Waals surface area (Å²) in [6.07, 6.45) is 0.966. The first-order valence-corrected chi connectivity index (χ1v) is 10.8. The number of aryl methyl sites for hydroxylation is 1. The molecule has 4 aromatic rings. The molecular weight excluding hydrogens is 414 g/mol. The van der Waals surface area contributed by atoms with Crippen LogP contribution in [0.2, 0.25) is 5.02 Å². The van der Waals surface area contributed by atoms with Crippen LogP contribution in [0.1, 0.15) is 12.5 Å². The first-order chi connectivity index (χ1) is 13.6. The standard InChI is InChI=1S/C20H16ClN3O2S2/c1-2-12-7-9-13(10-8-12)22-16(25)11-27-20-24-23-19(26-20)18-17(21)14-5-3-4-6-15(14)28-18/h3-10H,2,11H2,1H3,(H,22,25). The lowest BCUT2D eigenvalue weighted by Gasteiger charge is -2.04. The van der Waals surface area contributed by atoms with Crippen molar-refractivity contribution in [2.45, 2.75) is 18.6 Å². The molecule has 0 radical (unpaired) electrons. The molecule has 0 aliphatic carbocycles. The summed E-state index contributed by atoms with van der Waals surface area (Å²) in [7, 11) is 0. The lowest BCUT2D eigenvalue weighted by Crippen LogP contribution is -2.13. The summed E-state index contributed by atoms with van der Waals surface area (Å²) in [6, 6.07) is 15.7. The Balaban J connectivity index is 1.40. The first kappa shape index (κ1) is 19.0. The highest BCUT2D eigenvalue weighted by Crippen LogP contribution is 2.41. The predicted molar refractivity (Wildman–Crippen MR) is 115 cm³/mol. The molecule has 2 heterocycles. The fraction of sp³-hybridized carbons (Fsp3) is 0.150. The van der Waals surface area contributed by atoms with Crippen LogP contribution in [0.15, 0.2) is 58.2 Å². The van der Waals surface area contributed by atoms with Gasteiger partial charge in [0.2, 0.25) is 5.91 Å². The van der Waals surface area contributed by atoms with E-state index in [1.807, 2.05) is 48.5 Å². The third-order valence-electron chi connectivity index (χ3n) is 4.11. The zero-order chi connectivity index (χ0) is 19.5. The molecule has 0 saturated carbocycles. The van der Waals surface area contributed by atoms with Gasteiger partial charge in [-0.25, -0.2) is 0 Å². The number of rotatable bonds is 6. The van der Waals surface area contributed by atoms with Gasteiger partial charge in [0.05, 0.1) is 10.8 Å². The van der Waals surface area contributed by atoms with E-state index in [9.17, 15) is 4.79 Å². The second-order valence-electron chi connectivity index (χ2n) is 6.00. The maximum absolute atomic E-state index is 12.1. The molecule has 0 bridgehead atoms. The van der Waals surface area contributed by atoms with Gasteiger partial charge in [0.15, 0.2) is 0 Å². The zero-order valence-electron chi connectivity index (χ0n) is 14.9. The van der Waals surface area contributed by atoms with Crippen LogP contribution in [-0.4, -0.2) is 21.9 Å². The van der Waals surface area contributed by atoms with Crippen LogP contribution < -0.4 is 5.32 Å². The second kappa shape index (κ2) is 8.34. The first-order valence-electron chi connectivity index (χ1n) is 8.66. The van der Waals surface area contributed by atoms with E-state index in [-0.39, 0.29) is 11.7 Å². The number of carbonyl (C=O) groups excluding carboxylic acids is 1. The van der Waals surface area contributed by atoms with Crippen LogP contribution in [-0.2, 0) is 11.2 Å². The Morgan fingerprint density at radius 3 is 2.71 bits per heavy atom. The molecule has 4 rings (SSSR count). The zero-order valence-corrected chi connectivity index (χ0v) is 17.3. The lowest BCUT2D eigenvalue weighted by molar-refractivity contribution is -0.113. The summed E-state index contributed by atoms with van der Waals surface area (Å²) in [5, 5.41) is 12.9. The summed E-state index contributed by atoms with van der Waals surface area (Å²) in [5.74, 6) is 0.412. The van der Waals surface area contributed by atoms with E-state index < -0.39 is 0 Å². The molecule has 5 nitrogen and oxygen atoms in total. The monoisotopic (exact) mass is 429 g/mol. The Bertz CT molecular complexity index is 1120. The van der Waals surface area contributed by atoms with E-state index in [0.29, 0.717) is 16.1 Å². The van der Waals surface area contributed by atoms with Crippen molar-refractivity contribution in [3.8, 4) is 10.8 Å². The summed E-state index contributed by atoms with van der Waals surface area (Å²) >= 11 is 9.15. The van der Waals surface area contributed by atoms with Gasteiger partial charge < -0.3 is 9.73 Å². The van der Waals surface area contributed by atoms with Gasteiger partial charge in [-0.2, -0.15) is 0 Å². The summed E-state index contributed by atoms with van der Waals surface area (Å²) in [4.78, 5) is 12.9. The number of halogens is 1. The summed E-state index contributed by atoms with van der Waals surface area (Å²) in [5.41, 5.74) is 2.00. The number of fused-ring (bicyclic) bond motifs is 1. The van der Waals surface area contributed by atoms with Crippen molar-refractivity contribution in [2.75, 3.05) is 11.1 Å². The average Bonchev–Trinajstić information content (AvgIpc) is 3.32. The summed E-state index contributed by atoms with van der Waals surface area (Å²) < 4.78 is 6.76. The molecule has 2 aromatic heterocycles. The molecule has 1 amide bonds. The van der Waals surface area contributed by atoms with Crippen LogP contribution in [0, 0.1) is 0 Å².